The molecule has 4 aromatic rings. The topological polar surface area (TPSA) is 80.5 Å². The van der Waals surface area contributed by atoms with E-state index >= 15 is 0 Å². The number of amides is 2. The van der Waals surface area contributed by atoms with Crippen LogP contribution in [0.3, 0.4) is 0 Å². The normalized spacial score (nSPS) is 15.6. The highest BCUT2D eigenvalue weighted by atomic mass is 19.1. The number of hydrogen-bond donors (Lipinski definition) is 1. The number of carbonyl (C=O) groups excluding carboxylic acids is 1. The maximum Gasteiger partial charge on any atom is 0.326 e. The van der Waals surface area contributed by atoms with E-state index in [1.165, 1.54) is 17.7 Å². The fourth-order valence-electron chi connectivity index (χ4n) is 4.46. The lowest BCUT2D eigenvalue weighted by atomic mass is 9.94. The van der Waals surface area contributed by atoms with Gasteiger partial charge in [0.05, 0.1) is 23.9 Å². The fourth-order valence-corrected chi connectivity index (χ4v) is 4.46. The zero-order valence-electron chi connectivity index (χ0n) is 20.9. The van der Waals surface area contributed by atoms with E-state index in [4.69, 9.17) is 9.26 Å². The lowest BCUT2D eigenvalue weighted by Crippen LogP contribution is -2.46. The van der Waals surface area contributed by atoms with E-state index < -0.39 is 11.9 Å². The first kappa shape index (κ1) is 24.2. The number of hydrogen-bond acceptors (Lipinski definition) is 5. The van der Waals surface area contributed by atoms with E-state index in [-0.39, 0.29) is 11.9 Å². The Morgan fingerprint density at radius 2 is 1.81 bits per heavy atom. The van der Waals surface area contributed by atoms with Gasteiger partial charge in [0.2, 0.25) is 5.82 Å². The predicted molar refractivity (Wildman–Crippen MR) is 139 cm³/mol. The van der Waals surface area contributed by atoms with Crippen molar-refractivity contribution in [2.45, 2.75) is 33.2 Å². The van der Waals surface area contributed by atoms with Gasteiger partial charge in [-0.3, -0.25) is 4.90 Å². The summed E-state index contributed by atoms with van der Waals surface area (Å²) in [6.45, 7) is 6.37. The van der Waals surface area contributed by atoms with Crippen LogP contribution in [0.5, 0.6) is 5.75 Å². The summed E-state index contributed by atoms with van der Waals surface area (Å²) in [5.41, 5.74) is 4.42. The average Bonchev–Trinajstić information content (AvgIpc) is 3.39. The van der Waals surface area contributed by atoms with Crippen molar-refractivity contribution in [1.82, 2.24) is 15.5 Å². The lowest BCUT2D eigenvalue weighted by Gasteiger charge is -2.35. The number of halogens is 1. The first-order chi connectivity index (χ1) is 18.0. The number of urea groups is 1. The van der Waals surface area contributed by atoms with Gasteiger partial charge in [-0.05, 0) is 67.8 Å². The number of aryl methyl sites for hydroxylation is 1. The highest BCUT2D eigenvalue weighted by molar-refractivity contribution is 6.01. The molecule has 1 aromatic heterocycles. The highest BCUT2D eigenvalue weighted by Gasteiger charge is 2.36. The molecule has 1 aliphatic heterocycles. The molecule has 0 fully saturated rings. The SMILES string of the molecule is CCOc1ccc(N2C(=O)NC(c3cccc(F)c3)C(c3nc(-c4ccc(CC)cc4)no3)=C2C)cc1. The van der Waals surface area contributed by atoms with Crippen LogP contribution in [0.2, 0.25) is 0 Å². The van der Waals surface area contributed by atoms with Gasteiger partial charge in [0.15, 0.2) is 0 Å². The van der Waals surface area contributed by atoms with E-state index in [0.29, 0.717) is 40.7 Å². The minimum atomic E-state index is -0.682. The van der Waals surface area contributed by atoms with Gasteiger partial charge in [-0.2, -0.15) is 4.98 Å². The summed E-state index contributed by atoms with van der Waals surface area (Å²) in [6, 6.07) is 20.3. The summed E-state index contributed by atoms with van der Waals surface area (Å²) in [5.74, 6) is 0.983. The zero-order chi connectivity index (χ0) is 25.9. The smallest absolute Gasteiger partial charge is 0.326 e. The standard InChI is InChI=1S/C29H27FN4O3/c1-4-19-9-11-20(12-10-19)27-32-28(37-33-27)25-18(3)34(23-13-15-24(16-14-23)36-5-2)29(35)31-26(25)21-7-6-8-22(30)17-21/h6-17,26H,4-5H2,1-3H3,(H,31,35). The number of aromatic nitrogens is 2. The molecular weight excluding hydrogens is 471 g/mol. The van der Waals surface area contributed by atoms with Gasteiger partial charge in [-0.1, -0.05) is 48.5 Å². The molecule has 0 saturated carbocycles. The second-order valence-electron chi connectivity index (χ2n) is 8.67. The molecule has 8 heteroatoms. The van der Waals surface area contributed by atoms with Gasteiger partial charge in [0.25, 0.3) is 5.89 Å². The summed E-state index contributed by atoms with van der Waals surface area (Å²) in [6.07, 6.45) is 0.931. The van der Waals surface area contributed by atoms with Gasteiger partial charge in [0.1, 0.15) is 11.6 Å². The van der Waals surface area contributed by atoms with Crippen molar-refractivity contribution < 1.29 is 18.4 Å². The Bertz CT molecular complexity index is 1440. The van der Waals surface area contributed by atoms with Crippen LogP contribution in [0.25, 0.3) is 17.0 Å². The monoisotopic (exact) mass is 498 g/mol. The number of nitrogens with one attached hydrogen (secondary N) is 1. The number of ether oxygens (including phenoxy) is 1. The Balaban J connectivity index is 1.60. The summed E-state index contributed by atoms with van der Waals surface area (Å²) < 4.78 is 25.4. The second kappa shape index (κ2) is 10.3. The molecule has 0 radical (unpaired) electrons. The Kier molecular flexibility index (Phi) is 6.72. The molecule has 2 amide bonds. The molecule has 0 aliphatic carbocycles. The van der Waals surface area contributed by atoms with Crippen LogP contribution in [-0.2, 0) is 6.42 Å². The average molecular weight is 499 g/mol. The highest BCUT2D eigenvalue weighted by Crippen LogP contribution is 2.39. The number of allylic oxidation sites excluding steroid dienone is 1. The maximum absolute atomic E-state index is 14.2. The van der Waals surface area contributed by atoms with Crippen LogP contribution >= 0.6 is 0 Å². The number of nitrogens with zero attached hydrogens (tertiary/aromatic N) is 3. The minimum Gasteiger partial charge on any atom is -0.494 e. The fraction of sp³-hybridized carbons (Fsp3) is 0.207. The summed E-state index contributed by atoms with van der Waals surface area (Å²) in [7, 11) is 0. The second-order valence-corrected chi connectivity index (χ2v) is 8.67. The summed E-state index contributed by atoms with van der Waals surface area (Å²) in [5, 5.41) is 7.20. The quantitative estimate of drug-likeness (QED) is 0.313. The van der Waals surface area contributed by atoms with E-state index in [2.05, 4.69) is 22.4 Å². The van der Waals surface area contributed by atoms with Crippen LogP contribution in [0, 0.1) is 5.82 Å². The third-order valence-corrected chi connectivity index (χ3v) is 6.35. The van der Waals surface area contributed by atoms with E-state index in [1.807, 2.05) is 62.4 Å². The largest absolute Gasteiger partial charge is 0.494 e. The summed E-state index contributed by atoms with van der Waals surface area (Å²) >= 11 is 0. The van der Waals surface area contributed by atoms with Gasteiger partial charge in [0, 0.05) is 11.3 Å². The molecule has 1 unspecified atom stereocenters. The molecule has 5 rings (SSSR count). The van der Waals surface area contributed by atoms with Gasteiger partial charge < -0.3 is 14.6 Å². The van der Waals surface area contributed by atoms with Crippen LogP contribution in [0.15, 0.2) is 83.0 Å². The number of anilines is 1. The molecular formula is C29H27FN4O3. The Hall–Kier alpha value is -4.46. The molecule has 0 spiro atoms. The van der Waals surface area contributed by atoms with Gasteiger partial charge in [-0.25, -0.2) is 9.18 Å². The van der Waals surface area contributed by atoms with E-state index in [0.717, 1.165) is 12.0 Å². The molecule has 37 heavy (non-hydrogen) atoms. The van der Waals surface area contributed by atoms with Crippen molar-refractivity contribution in [3.63, 3.8) is 0 Å². The van der Waals surface area contributed by atoms with Crippen molar-refractivity contribution in [3.05, 3.63) is 101 Å². The van der Waals surface area contributed by atoms with Crippen LogP contribution in [0.1, 0.15) is 43.8 Å². The van der Waals surface area contributed by atoms with Crippen molar-refractivity contribution in [2.24, 2.45) is 0 Å². The Morgan fingerprint density at radius 3 is 2.49 bits per heavy atom. The molecule has 3 aromatic carbocycles. The maximum atomic E-state index is 14.2. The minimum absolute atomic E-state index is 0.247. The van der Waals surface area contributed by atoms with Gasteiger partial charge >= 0.3 is 6.03 Å². The molecule has 1 N–H and O–H groups in total. The predicted octanol–water partition coefficient (Wildman–Crippen LogP) is 6.54. The van der Waals surface area contributed by atoms with Crippen LogP contribution < -0.4 is 15.0 Å². The van der Waals surface area contributed by atoms with E-state index in [9.17, 15) is 9.18 Å². The number of carbonyl (C=O) groups is 1. The summed E-state index contributed by atoms with van der Waals surface area (Å²) in [4.78, 5) is 19.6. The number of benzene rings is 3. The molecule has 2 heterocycles. The van der Waals surface area contributed by atoms with Crippen LogP contribution in [-0.4, -0.2) is 22.8 Å². The van der Waals surface area contributed by atoms with Crippen molar-refractivity contribution in [3.8, 4) is 17.1 Å². The Labute approximate surface area is 214 Å². The first-order valence-electron chi connectivity index (χ1n) is 12.2. The van der Waals surface area contributed by atoms with E-state index in [1.54, 1.807) is 17.0 Å². The third-order valence-electron chi connectivity index (χ3n) is 6.35. The van der Waals surface area contributed by atoms with Crippen molar-refractivity contribution >= 4 is 17.3 Å². The first-order valence-corrected chi connectivity index (χ1v) is 12.2. The molecule has 188 valence electrons. The Morgan fingerprint density at radius 1 is 1.05 bits per heavy atom. The van der Waals surface area contributed by atoms with Crippen molar-refractivity contribution in [2.75, 3.05) is 11.5 Å². The molecule has 0 saturated heterocycles. The molecule has 7 nitrogen and oxygen atoms in total. The lowest BCUT2D eigenvalue weighted by molar-refractivity contribution is 0.244. The van der Waals surface area contributed by atoms with Crippen LogP contribution in [0.4, 0.5) is 14.9 Å². The molecule has 1 atom stereocenters. The molecule has 1 aliphatic rings. The van der Waals surface area contributed by atoms with Crippen molar-refractivity contribution in [1.29, 1.82) is 0 Å². The molecule has 0 bridgehead atoms. The van der Waals surface area contributed by atoms with Gasteiger partial charge in [-0.15, -0.1) is 0 Å². The third kappa shape index (κ3) is 4.82. The zero-order valence-corrected chi connectivity index (χ0v) is 20.9. The number of rotatable bonds is 7.